The molecule has 70 heavy (non-hydrogen) atoms. The predicted molar refractivity (Wildman–Crippen MR) is 298 cm³/mol. The fourth-order valence-corrected chi connectivity index (χ4v) is 10.5. The van der Waals surface area contributed by atoms with E-state index >= 15 is 0 Å². The number of rotatable bonds is 12. The van der Waals surface area contributed by atoms with Crippen LogP contribution < -0.4 is 52.8 Å². The summed E-state index contributed by atoms with van der Waals surface area (Å²) in [4.78, 5) is 0. The Morgan fingerprint density at radius 1 is 0.186 bits per heavy atom. The van der Waals surface area contributed by atoms with Gasteiger partial charge in [-0.3, -0.25) is 0 Å². The monoisotopic (exact) mass is 900 g/mol. The molecule has 0 unspecified atom stereocenters. The van der Waals surface area contributed by atoms with Gasteiger partial charge in [0.1, 0.15) is 12.3 Å². The maximum Gasteiger partial charge on any atom is 0.173 e. The molecule has 0 aliphatic rings. The first-order chi connectivity index (χ1) is 34.7. The summed E-state index contributed by atoms with van der Waals surface area (Å²) in [6.07, 6.45) is 5.93. The first-order valence-electron chi connectivity index (χ1n) is 24.5. The summed E-state index contributed by atoms with van der Waals surface area (Å²) in [5.74, 6) is 0. The third-order valence-electron chi connectivity index (χ3n) is 13.7. The number of benzene rings is 9. The number of nitrogens with zero attached hydrogens (tertiary/aromatic N) is 2. The van der Waals surface area contributed by atoms with Crippen LogP contribution in [0.5, 0.6) is 0 Å². The van der Waals surface area contributed by atoms with Gasteiger partial charge < -0.3 is 0 Å². The maximum atomic E-state index is 2.26. The van der Waals surface area contributed by atoms with Crippen molar-refractivity contribution in [2.24, 2.45) is 0 Å². The predicted octanol–water partition coefficient (Wildman–Crippen LogP) is 8.49. The van der Waals surface area contributed by atoms with E-state index in [1.54, 1.807) is 0 Å². The molecule has 0 aliphatic heterocycles. The Morgan fingerprint density at radius 2 is 0.343 bits per heavy atom. The molecule has 338 valence electrons. The minimum absolute atomic E-state index is 0.916. The van der Waals surface area contributed by atoms with Crippen LogP contribution in [0.1, 0.15) is 11.1 Å². The minimum atomic E-state index is -1.22. The van der Waals surface area contributed by atoms with Crippen LogP contribution in [0, 0.1) is 0 Å². The van der Waals surface area contributed by atoms with Gasteiger partial charge in [-0.05, 0) is 0 Å². The van der Waals surface area contributed by atoms with Gasteiger partial charge in [-0.1, -0.05) is 279 Å². The van der Waals surface area contributed by atoms with Gasteiger partial charge in [0, 0.05) is 35.4 Å². The summed E-state index contributed by atoms with van der Waals surface area (Å²) in [6.45, 7) is 1.83. The van der Waals surface area contributed by atoms with Crippen molar-refractivity contribution < 1.29 is 9.13 Å². The fourth-order valence-electron chi connectivity index (χ4n) is 10.5. The number of hydrogen-bond donors (Lipinski definition) is 0. The summed E-state index contributed by atoms with van der Waals surface area (Å²) in [6, 6.07) is 108. The second-order valence-corrected chi connectivity index (χ2v) is 17.9. The van der Waals surface area contributed by atoms with E-state index in [4.69, 9.17) is 0 Å². The highest BCUT2D eigenvalue weighted by Gasteiger charge is 2.32. The average molecular weight is 901 g/mol. The molecule has 0 atom stereocenters. The zero-order valence-corrected chi connectivity index (χ0v) is 39.6. The van der Waals surface area contributed by atoms with Gasteiger partial charge in [0.15, 0.2) is 37.9 Å². The lowest BCUT2D eigenvalue weighted by molar-refractivity contribution is -0.688. The van der Waals surface area contributed by atoms with Crippen molar-refractivity contribution >= 4 is 56.0 Å². The molecule has 9 aromatic carbocycles. The summed E-state index contributed by atoms with van der Waals surface area (Å²) in [5.41, 5.74) is 13.4. The molecule has 0 saturated carbocycles. The Balaban J connectivity index is 0.000000131. The standard InChI is InChI=1S/2C24H20B.C18H18N2/c2*1-5-13-21(14-6-1)25(22-15-7-2-8-16-22,23-17-9-3-10-18-23)24-19-11-4-12-20-24;1-3-11-19(12-4-1)15-17-7-9-18(10-8-17)16-20-13-5-2-6-14-20/h2*1-20H;1-14H,15-16H2/q2*-1;+2. The molecule has 11 aromatic rings. The Labute approximate surface area is 415 Å². The zero-order chi connectivity index (χ0) is 47.5. The molecular formula is C66H58B2N2. The van der Waals surface area contributed by atoms with Crippen LogP contribution in [0.2, 0.25) is 0 Å². The van der Waals surface area contributed by atoms with Crippen molar-refractivity contribution in [2.45, 2.75) is 13.1 Å². The Bertz CT molecular complexity index is 2640. The highest BCUT2D eigenvalue weighted by molar-refractivity contribution is 7.20. The normalized spacial score (nSPS) is 11.0. The van der Waals surface area contributed by atoms with E-state index < -0.39 is 12.3 Å². The van der Waals surface area contributed by atoms with Crippen molar-refractivity contribution in [3.05, 3.63) is 339 Å². The Hall–Kier alpha value is -8.59. The number of hydrogen-bond acceptors (Lipinski definition) is 0. The number of pyridine rings is 2. The van der Waals surface area contributed by atoms with E-state index in [1.165, 1.54) is 54.8 Å². The highest BCUT2D eigenvalue weighted by Crippen LogP contribution is 2.11. The van der Waals surface area contributed by atoms with Crippen LogP contribution in [0.15, 0.2) is 328 Å². The van der Waals surface area contributed by atoms with Gasteiger partial charge in [-0.15, -0.1) is 0 Å². The van der Waals surface area contributed by atoms with Crippen molar-refractivity contribution in [2.75, 3.05) is 0 Å². The van der Waals surface area contributed by atoms with Crippen LogP contribution in [0.4, 0.5) is 0 Å². The van der Waals surface area contributed by atoms with Crippen molar-refractivity contribution in [3.8, 4) is 0 Å². The van der Waals surface area contributed by atoms with Gasteiger partial charge in [0.25, 0.3) is 0 Å². The highest BCUT2D eigenvalue weighted by atomic mass is 14.9. The van der Waals surface area contributed by atoms with E-state index in [0.29, 0.717) is 0 Å². The largest absolute Gasteiger partial charge is 0.201 e. The number of aromatic nitrogens is 2. The molecule has 2 heterocycles. The van der Waals surface area contributed by atoms with Crippen molar-refractivity contribution in [1.29, 1.82) is 0 Å². The van der Waals surface area contributed by atoms with E-state index in [9.17, 15) is 0 Å². The van der Waals surface area contributed by atoms with E-state index in [2.05, 4.69) is 325 Å². The first-order valence-corrected chi connectivity index (χ1v) is 24.5. The maximum absolute atomic E-state index is 2.26. The van der Waals surface area contributed by atoms with Crippen molar-refractivity contribution in [3.63, 3.8) is 0 Å². The Kier molecular flexibility index (Phi) is 15.6. The Morgan fingerprint density at radius 3 is 0.514 bits per heavy atom. The van der Waals surface area contributed by atoms with E-state index in [0.717, 1.165) is 13.1 Å². The molecular weight excluding hydrogens is 842 g/mol. The molecule has 0 bridgehead atoms. The fraction of sp³-hybridized carbons (Fsp3) is 0.0303. The zero-order valence-electron chi connectivity index (χ0n) is 39.6. The summed E-state index contributed by atoms with van der Waals surface area (Å²) >= 11 is 0. The van der Waals surface area contributed by atoms with Gasteiger partial charge in [0.05, 0.1) is 0 Å². The quantitative estimate of drug-likeness (QED) is 0.0860. The third kappa shape index (κ3) is 10.7. The van der Waals surface area contributed by atoms with Crippen LogP contribution >= 0.6 is 0 Å². The lowest BCUT2D eigenvalue weighted by Crippen LogP contribution is -2.74. The SMILES string of the molecule is c1cc[n+](Cc2ccc(C[n+]3ccccc3)cc2)cc1.c1ccc([B-](c2ccccc2)(c2ccccc2)c2ccccc2)cc1.c1ccc([B-](c2ccccc2)(c2ccccc2)c2ccccc2)cc1. The molecule has 0 N–H and O–H groups in total. The molecule has 0 saturated heterocycles. The second-order valence-electron chi connectivity index (χ2n) is 17.9. The van der Waals surface area contributed by atoms with Gasteiger partial charge in [0.2, 0.25) is 0 Å². The summed E-state index contributed by atoms with van der Waals surface area (Å²) < 4.78 is 4.36. The van der Waals surface area contributed by atoms with Crippen LogP contribution in [-0.4, -0.2) is 12.3 Å². The molecule has 0 amide bonds. The average Bonchev–Trinajstić information content (AvgIpc) is 3.45. The van der Waals surface area contributed by atoms with Gasteiger partial charge in [-0.25, -0.2) is 9.13 Å². The first kappa shape index (κ1) is 46.5. The summed E-state index contributed by atoms with van der Waals surface area (Å²) in [7, 11) is 0. The lowest BCUT2D eigenvalue weighted by Gasteiger charge is -2.44. The molecule has 0 spiro atoms. The molecule has 2 aromatic heterocycles. The van der Waals surface area contributed by atoms with Crippen molar-refractivity contribution in [1.82, 2.24) is 0 Å². The third-order valence-corrected chi connectivity index (χ3v) is 13.7. The molecule has 2 nitrogen and oxygen atoms in total. The molecule has 11 rings (SSSR count). The van der Waals surface area contributed by atoms with Gasteiger partial charge >= 0.3 is 0 Å². The smallest absolute Gasteiger partial charge is 0.173 e. The topological polar surface area (TPSA) is 7.76 Å². The lowest BCUT2D eigenvalue weighted by atomic mass is 9.13. The minimum Gasteiger partial charge on any atom is -0.201 e. The van der Waals surface area contributed by atoms with Crippen LogP contribution in [0.25, 0.3) is 0 Å². The van der Waals surface area contributed by atoms with E-state index in [1.807, 2.05) is 12.1 Å². The summed E-state index contributed by atoms with van der Waals surface area (Å²) in [5, 5.41) is 0. The van der Waals surface area contributed by atoms with E-state index in [-0.39, 0.29) is 0 Å². The van der Waals surface area contributed by atoms with Crippen LogP contribution in [-0.2, 0) is 13.1 Å². The van der Waals surface area contributed by atoms with Crippen LogP contribution in [0.3, 0.4) is 0 Å². The second kappa shape index (κ2) is 23.4. The molecule has 0 fully saturated rings. The molecule has 0 aliphatic carbocycles. The van der Waals surface area contributed by atoms with Gasteiger partial charge in [-0.2, -0.15) is 43.7 Å². The molecule has 0 radical (unpaired) electrons. The molecule has 4 heteroatoms.